The zero-order valence-corrected chi connectivity index (χ0v) is 24.6. The van der Waals surface area contributed by atoms with E-state index in [-0.39, 0.29) is 17.3 Å². The van der Waals surface area contributed by atoms with Crippen molar-refractivity contribution >= 4 is 43.5 Å². The molecule has 1 N–H and O–H groups in total. The van der Waals surface area contributed by atoms with E-state index in [4.69, 9.17) is 0 Å². The van der Waals surface area contributed by atoms with E-state index in [9.17, 15) is 18.0 Å². The summed E-state index contributed by atoms with van der Waals surface area (Å²) < 4.78 is 29.6. The highest BCUT2D eigenvalue weighted by Crippen LogP contribution is 2.26. The molecule has 3 aromatic carbocycles. The highest BCUT2D eigenvalue weighted by Gasteiger charge is 2.33. The third kappa shape index (κ3) is 7.02. The number of benzene rings is 3. The minimum atomic E-state index is -4.09. The number of anilines is 1. The molecular weight excluding hydrogens is 566 g/mol. The lowest BCUT2D eigenvalue weighted by atomic mass is 10.1. The molecule has 7 nitrogen and oxygen atoms in total. The van der Waals surface area contributed by atoms with E-state index in [1.807, 2.05) is 52.0 Å². The number of nitrogens with one attached hydrogen (secondary N) is 1. The van der Waals surface area contributed by atoms with E-state index < -0.39 is 28.5 Å². The number of sulfonamides is 1. The number of hydrogen-bond acceptors (Lipinski definition) is 4. The molecular formula is C29H34BrN3O4S. The zero-order valence-electron chi connectivity index (χ0n) is 22.1. The number of aryl methyl sites for hydroxylation is 2. The monoisotopic (exact) mass is 599 g/mol. The van der Waals surface area contributed by atoms with Crippen LogP contribution in [0.25, 0.3) is 0 Å². The minimum Gasteiger partial charge on any atom is -0.355 e. The molecule has 9 heteroatoms. The van der Waals surface area contributed by atoms with Gasteiger partial charge in [0.25, 0.3) is 10.0 Å². The van der Waals surface area contributed by atoms with Gasteiger partial charge in [-0.2, -0.15) is 0 Å². The van der Waals surface area contributed by atoms with Gasteiger partial charge >= 0.3 is 0 Å². The third-order valence-corrected chi connectivity index (χ3v) is 8.66. The Labute approximate surface area is 234 Å². The summed E-state index contributed by atoms with van der Waals surface area (Å²) in [6.45, 7) is 7.63. The highest BCUT2D eigenvalue weighted by atomic mass is 79.9. The lowest BCUT2D eigenvalue weighted by molar-refractivity contribution is -0.140. The predicted molar refractivity (Wildman–Crippen MR) is 154 cm³/mol. The normalized spacial score (nSPS) is 12.0. The van der Waals surface area contributed by atoms with Crippen LogP contribution in [-0.2, 0) is 26.2 Å². The van der Waals surface area contributed by atoms with Gasteiger partial charge in [-0.15, -0.1) is 0 Å². The first kappa shape index (κ1) is 29.4. The molecule has 202 valence electrons. The molecule has 0 fully saturated rings. The van der Waals surface area contributed by atoms with Gasteiger partial charge in [0.1, 0.15) is 12.6 Å². The van der Waals surface area contributed by atoms with Gasteiger partial charge in [0, 0.05) is 17.6 Å². The van der Waals surface area contributed by atoms with Crippen LogP contribution in [0.1, 0.15) is 37.0 Å². The van der Waals surface area contributed by atoms with Crippen LogP contribution in [0.4, 0.5) is 5.69 Å². The Morgan fingerprint density at radius 1 is 0.921 bits per heavy atom. The fraction of sp³-hybridized carbons (Fsp3) is 0.310. The summed E-state index contributed by atoms with van der Waals surface area (Å²) in [7, 11) is -4.09. The van der Waals surface area contributed by atoms with Gasteiger partial charge in [0.15, 0.2) is 0 Å². The summed E-state index contributed by atoms with van der Waals surface area (Å²) in [4.78, 5) is 28.6. The largest absolute Gasteiger partial charge is 0.355 e. The van der Waals surface area contributed by atoms with Crippen LogP contribution in [0.15, 0.2) is 82.2 Å². The Balaban J connectivity index is 2.06. The third-order valence-electron chi connectivity index (χ3n) is 6.34. The summed E-state index contributed by atoms with van der Waals surface area (Å²) in [6, 6.07) is 20.2. The number of carbonyl (C=O) groups is 2. The first-order valence-electron chi connectivity index (χ1n) is 12.5. The summed E-state index contributed by atoms with van der Waals surface area (Å²) in [5.74, 6) is -0.738. The lowest BCUT2D eigenvalue weighted by Crippen LogP contribution is -2.52. The number of likely N-dealkylation sites (N-methyl/N-ethyl adjacent to an activating group) is 1. The van der Waals surface area contributed by atoms with Crippen LogP contribution in [0, 0.1) is 13.8 Å². The fourth-order valence-corrected chi connectivity index (χ4v) is 5.83. The SMILES string of the molecule is CCNC(=O)[C@H](CC)N(Cc1ccccc1C)C(=O)CN(c1ccc(Br)cc1)S(=O)(=O)c1ccc(C)cc1. The Morgan fingerprint density at radius 3 is 2.13 bits per heavy atom. The molecule has 0 spiro atoms. The maximum absolute atomic E-state index is 14.0. The van der Waals surface area contributed by atoms with Gasteiger partial charge in [0.05, 0.1) is 10.6 Å². The van der Waals surface area contributed by atoms with Gasteiger partial charge in [-0.3, -0.25) is 13.9 Å². The van der Waals surface area contributed by atoms with Crippen LogP contribution < -0.4 is 9.62 Å². The number of rotatable bonds is 11. The molecule has 3 aromatic rings. The summed E-state index contributed by atoms with van der Waals surface area (Å²) in [5, 5.41) is 2.81. The second-order valence-corrected chi connectivity index (χ2v) is 11.8. The Morgan fingerprint density at radius 2 is 1.55 bits per heavy atom. The number of nitrogens with zero attached hydrogens (tertiary/aromatic N) is 2. The molecule has 3 rings (SSSR count). The second-order valence-electron chi connectivity index (χ2n) is 9.07. The van der Waals surface area contributed by atoms with Crippen LogP contribution in [-0.4, -0.2) is 44.3 Å². The molecule has 0 bridgehead atoms. The van der Waals surface area contributed by atoms with E-state index in [0.29, 0.717) is 18.7 Å². The van der Waals surface area contributed by atoms with Crippen molar-refractivity contribution in [2.45, 2.75) is 51.6 Å². The molecule has 2 amide bonds. The summed E-state index contributed by atoms with van der Waals surface area (Å²) in [5.41, 5.74) is 3.14. The number of halogens is 1. The van der Waals surface area contributed by atoms with Gasteiger partial charge in [-0.1, -0.05) is 64.8 Å². The van der Waals surface area contributed by atoms with Crippen LogP contribution in [0.5, 0.6) is 0 Å². The Bertz CT molecular complexity index is 1360. The second kappa shape index (κ2) is 13.1. The molecule has 1 atom stereocenters. The molecule has 0 saturated carbocycles. The number of hydrogen-bond donors (Lipinski definition) is 1. The van der Waals surface area contributed by atoms with E-state index >= 15 is 0 Å². The van der Waals surface area contributed by atoms with Crippen LogP contribution in [0.2, 0.25) is 0 Å². The fourth-order valence-electron chi connectivity index (χ4n) is 4.16. The average molecular weight is 601 g/mol. The maximum Gasteiger partial charge on any atom is 0.264 e. The van der Waals surface area contributed by atoms with Crippen molar-refractivity contribution < 1.29 is 18.0 Å². The van der Waals surface area contributed by atoms with Crippen molar-refractivity contribution in [3.8, 4) is 0 Å². The average Bonchev–Trinajstić information content (AvgIpc) is 2.89. The zero-order chi connectivity index (χ0) is 27.9. The van der Waals surface area contributed by atoms with Crippen molar-refractivity contribution in [3.05, 3.63) is 94.0 Å². The van der Waals surface area contributed by atoms with E-state index in [0.717, 1.165) is 25.5 Å². The summed E-state index contributed by atoms with van der Waals surface area (Å²) >= 11 is 3.39. The quantitative estimate of drug-likeness (QED) is 0.328. The van der Waals surface area contributed by atoms with Crippen molar-refractivity contribution in [1.29, 1.82) is 0 Å². The number of carbonyl (C=O) groups excluding carboxylic acids is 2. The van der Waals surface area contributed by atoms with Crippen molar-refractivity contribution in [2.24, 2.45) is 0 Å². The minimum absolute atomic E-state index is 0.0834. The Kier molecular flexibility index (Phi) is 10.1. The molecule has 0 saturated heterocycles. The standard InChI is InChI=1S/C29H34BrN3O4S/c1-5-27(29(35)31-6-2)32(19-23-10-8-7-9-22(23)4)28(34)20-33(25-15-13-24(30)14-16-25)38(36,37)26-17-11-21(3)12-18-26/h7-18,27H,5-6,19-20H2,1-4H3,(H,31,35)/t27-/m0/s1. The van der Waals surface area contributed by atoms with Crippen LogP contribution >= 0.6 is 15.9 Å². The molecule has 0 aromatic heterocycles. The topological polar surface area (TPSA) is 86.8 Å². The Hall–Kier alpha value is -3.17. The lowest BCUT2D eigenvalue weighted by Gasteiger charge is -2.33. The predicted octanol–water partition coefficient (Wildman–Crippen LogP) is 5.20. The van der Waals surface area contributed by atoms with Crippen molar-refractivity contribution in [2.75, 3.05) is 17.4 Å². The highest BCUT2D eigenvalue weighted by molar-refractivity contribution is 9.10. The summed E-state index contributed by atoms with van der Waals surface area (Å²) in [6.07, 6.45) is 0.381. The molecule has 0 unspecified atom stereocenters. The molecule has 0 aliphatic rings. The first-order valence-corrected chi connectivity index (χ1v) is 14.8. The molecule has 0 aliphatic heterocycles. The van der Waals surface area contributed by atoms with E-state index in [1.165, 1.54) is 17.0 Å². The van der Waals surface area contributed by atoms with Crippen molar-refractivity contribution in [3.63, 3.8) is 0 Å². The molecule has 0 radical (unpaired) electrons. The smallest absolute Gasteiger partial charge is 0.264 e. The molecule has 0 aliphatic carbocycles. The first-order chi connectivity index (χ1) is 18.1. The molecule has 38 heavy (non-hydrogen) atoms. The van der Waals surface area contributed by atoms with Crippen molar-refractivity contribution in [1.82, 2.24) is 10.2 Å². The van der Waals surface area contributed by atoms with Gasteiger partial charge in [0.2, 0.25) is 11.8 Å². The van der Waals surface area contributed by atoms with Crippen LogP contribution in [0.3, 0.4) is 0 Å². The van der Waals surface area contributed by atoms with Gasteiger partial charge in [-0.05, 0) is 74.7 Å². The van der Waals surface area contributed by atoms with Gasteiger partial charge in [-0.25, -0.2) is 8.42 Å². The van der Waals surface area contributed by atoms with E-state index in [1.54, 1.807) is 36.4 Å². The van der Waals surface area contributed by atoms with Gasteiger partial charge < -0.3 is 10.2 Å². The number of amides is 2. The van der Waals surface area contributed by atoms with E-state index in [2.05, 4.69) is 21.2 Å². The maximum atomic E-state index is 14.0. The molecule has 0 heterocycles.